The highest BCUT2D eigenvalue weighted by Crippen LogP contribution is 2.37. The Kier molecular flexibility index (Phi) is 5.40. The average Bonchev–Trinajstić information content (AvgIpc) is 2.50. The van der Waals surface area contributed by atoms with Crippen molar-refractivity contribution in [2.75, 3.05) is 20.7 Å². The Morgan fingerprint density at radius 2 is 1.90 bits per heavy atom. The van der Waals surface area contributed by atoms with Crippen LogP contribution < -0.4 is 4.74 Å². The van der Waals surface area contributed by atoms with E-state index in [4.69, 9.17) is 4.74 Å². The van der Waals surface area contributed by atoms with Gasteiger partial charge in [0.05, 0.1) is 7.11 Å². The molecule has 0 amide bonds. The maximum absolute atomic E-state index is 11.6. The van der Waals surface area contributed by atoms with Crippen molar-refractivity contribution in [3.8, 4) is 5.75 Å². The topological polar surface area (TPSA) is 29.5 Å². The lowest BCUT2D eigenvalue weighted by molar-refractivity contribution is -0.119. The predicted molar refractivity (Wildman–Crippen MR) is 85.5 cm³/mol. The van der Waals surface area contributed by atoms with Gasteiger partial charge in [-0.3, -0.25) is 0 Å². The van der Waals surface area contributed by atoms with Crippen molar-refractivity contribution in [2.24, 2.45) is 11.3 Å². The van der Waals surface area contributed by atoms with Crippen LogP contribution in [0.2, 0.25) is 0 Å². The summed E-state index contributed by atoms with van der Waals surface area (Å²) in [5.41, 5.74) is 1.12. The van der Waals surface area contributed by atoms with Gasteiger partial charge in [-0.05, 0) is 56.3 Å². The maximum Gasteiger partial charge on any atom is 0.127 e. The van der Waals surface area contributed by atoms with Crippen molar-refractivity contribution in [1.29, 1.82) is 0 Å². The molecule has 0 atom stereocenters. The Bertz CT molecular complexity index is 447. The van der Waals surface area contributed by atoms with Crippen LogP contribution in [0.3, 0.4) is 0 Å². The molecule has 0 heterocycles. The molecule has 1 aliphatic rings. The minimum Gasteiger partial charge on any atom is -0.497 e. The fraction of sp³-hybridized carbons (Fsp3) is 0.611. The Balaban J connectivity index is 1.93. The van der Waals surface area contributed by atoms with Crippen molar-refractivity contribution in [3.05, 3.63) is 29.8 Å². The highest BCUT2D eigenvalue weighted by Gasteiger charge is 2.34. The fourth-order valence-electron chi connectivity index (χ4n) is 3.29. The smallest absolute Gasteiger partial charge is 0.127 e. The molecule has 0 bridgehead atoms. The number of aldehydes is 1. The lowest BCUT2D eigenvalue weighted by Crippen LogP contribution is -2.39. The number of carbonyl (C=O) groups is 1. The number of hydrogen-bond donors (Lipinski definition) is 0. The van der Waals surface area contributed by atoms with Crippen molar-refractivity contribution < 1.29 is 9.53 Å². The van der Waals surface area contributed by atoms with Crippen LogP contribution in [0.4, 0.5) is 0 Å². The van der Waals surface area contributed by atoms with Crippen molar-refractivity contribution in [3.63, 3.8) is 0 Å². The second kappa shape index (κ2) is 7.08. The molecular formula is C18H27NO2. The SMILES string of the molecule is COc1ccc(CN(C)CC2(C=O)CCC(C)CC2)cc1. The van der Waals surface area contributed by atoms with Crippen molar-refractivity contribution >= 4 is 6.29 Å². The minimum absolute atomic E-state index is 0.131. The van der Waals surface area contributed by atoms with E-state index in [1.807, 2.05) is 12.1 Å². The summed E-state index contributed by atoms with van der Waals surface area (Å²) in [6, 6.07) is 8.15. The van der Waals surface area contributed by atoms with Crippen LogP contribution in [0.15, 0.2) is 24.3 Å². The average molecular weight is 289 g/mol. The van der Waals surface area contributed by atoms with E-state index >= 15 is 0 Å². The molecular weight excluding hydrogens is 262 g/mol. The molecule has 1 saturated carbocycles. The Labute approximate surface area is 128 Å². The highest BCUT2D eigenvalue weighted by molar-refractivity contribution is 5.60. The first-order valence-corrected chi connectivity index (χ1v) is 7.85. The Morgan fingerprint density at radius 3 is 2.43 bits per heavy atom. The van der Waals surface area contributed by atoms with Gasteiger partial charge in [-0.25, -0.2) is 0 Å². The molecule has 0 aromatic heterocycles. The first kappa shape index (κ1) is 16.0. The molecule has 1 fully saturated rings. The van der Waals surface area contributed by atoms with Gasteiger partial charge < -0.3 is 14.4 Å². The van der Waals surface area contributed by atoms with Crippen molar-refractivity contribution in [1.82, 2.24) is 4.90 Å². The van der Waals surface area contributed by atoms with E-state index in [9.17, 15) is 4.79 Å². The van der Waals surface area contributed by atoms with Crippen LogP contribution >= 0.6 is 0 Å². The fourth-order valence-corrected chi connectivity index (χ4v) is 3.29. The van der Waals surface area contributed by atoms with Crippen LogP contribution in [0, 0.1) is 11.3 Å². The standard InChI is InChI=1S/C18H27NO2/c1-15-8-10-18(14-20,11-9-15)13-19(2)12-16-4-6-17(21-3)7-5-16/h4-7,14-15H,8-13H2,1-3H3. The summed E-state index contributed by atoms with van der Waals surface area (Å²) in [5, 5.41) is 0. The molecule has 0 spiro atoms. The van der Waals surface area contributed by atoms with E-state index in [1.54, 1.807) is 7.11 Å². The maximum atomic E-state index is 11.6. The minimum atomic E-state index is -0.131. The zero-order chi connectivity index (χ0) is 15.3. The molecule has 21 heavy (non-hydrogen) atoms. The molecule has 1 aliphatic carbocycles. The van der Waals surface area contributed by atoms with Crippen LogP contribution in [0.5, 0.6) is 5.75 Å². The second-order valence-corrected chi connectivity index (χ2v) is 6.68. The lowest BCUT2D eigenvalue weighted by atomic mass is 9.71. The van der Waals surface area contributed by atoms with Crippen LogP contribution in [0.1, 0.15) is 38.2 Å². The normalized spacial score (nSPS) is 25.8. The van der Waals surface area contributed by atoms with E-state index in [-0.39, 0.29) is 5.41 Å². The van der Waals surface area contributed by atoms with E-state index in [0.717, 1.165) is 37.6 Å². The number of ether oxygens (including phenoxy) is 1. The number of rotatable bonds is 6. The quantitative estimate of drug-likeness (QED) is 0.750. The van der Waals surface area contributed by atoms with Gasteiger partial charge in [0.15, 0.2) is 0 Å². The molecule has 3 heteroatoms. The number of carbonyl (C=O) groups excluding carboxylic acids is 1. The molecule has 0 radical (unpaired) electrons. The first-order valence-electron chi connectivity index (χ1n) is 7.85. The van der Waals surface area contributed by atoms with E-state index in [2.05, 4.69) is 31.0 Å². The summed E-state index contributed by atoms with van der Waals surface area (Å²) in [6.45, 7) is 4.01. The number of nitrogens with zero attached hydrogens (tertiary/aromatic N) is 1. The zero-order valence-corrected chi connectivity index (χ0v) is 13.5. The Hall–Kier alpha value is -1.35. The van der Waals surface area contributed by atoms with Crippen molar-refractivity contribution in [2.45, 2.75) is 39.2 Å². The third-order valence-electron chi connectivity index (χ3n) is 4.72. The number of methoxy groups -OCH3 is 1. The van der Waals surface area contributed by atoms with Gasteiger partial charge in [0.25, 0.3) is 0 Å². The summed E-state index contributed by atoms with van der Waals surface area (Å²) in [6.07, 6.45) is 5.63. The van der Waals surface area contributed by atoms with Gasteiger partial charge in [0, 0.05) is 18.5 Å². The molecule has 2 rings (SSSR count). The van der Waals surface area contributed by atoms with Gasteiger partial charge in [-0.2, -0.15) is 0 Å². The monoisotopic (exact) mass is 289 g/mol. The molecule has 116 valence electrons. The van der Waals surface area contributed by atoms with Crippen LogP contribution in [-0.2, 0) is 11.3 Å². The first-order chi connectivity index (χ1) is 10.1. The highest BCUT2D eigenvalue weighted by atomic mass is 16.5. The van der Waals surface area contributed by atoms with Gasteiger partial charge in [-0.15, -0.1) is 0 Å². The number of hydrogen-bond acceptors (Lipinski definition) is 3. The van der Waals surface area contributed by atoms with Gasteiger partial charge in [-0.1, -0.05) is 19.1 Å². The largest absolute Gasteiger partial charge is 0.497 e. The van der Waals surface area contributed by atoms with Gasteiger partial charge in [0.2, 0.25) is 0 Å². The van der Waals surface area contributed by atoms with Crippen LogP contribution in [0.25, 0.3) is 0 Å². The second-order valence-electron chi connectivity index (χ2n) is 6.68. The summed E-state index contributed by atoms with van der Waals surface area (Å²) in [4.78, 5) is 13.9. The van der Waals surface area contributed by atoms with E-state index in [1.165, 1.54) is 24.7 Å². The molecule has 0 unspecified atom stereocenters. The molecule has 0 N–H and O–H groups in total. The third-order valence-corrected chi connectivity index (χ3v) is 4.72. The van der Waals surface area contributed by atoms with Crippen LogP contribution in [-0.4, -0.2) is 31.9 Å². The van der Waals surface area contributed by atoms with Gasteiger partial charge >= 0.3 is 0 Å². The molecule has 1 aromatic carbocycles. The van der Waals surface area contributed by atoms with E-state index < -0.39 is 0 Å². The summed E-state index contributed by atoms with van der Waals surface area (Å²) in [5.74, 6) is 1.65. The third kappa shape index (κ3) is 4.31. The zero-order valence-electron chi connectivity index (χ0n) is 13.5. The Morgan fingerprint density at radius 1 is 1.29 bits per heavy atom. The molecule has 3 nitrogen and oxygen atoms in total. The molecule has 0 saturated heterocycles. The van der Waals surface area contributed by atoms with E-state index in [0.29, 0.717) is 0 Å². The predicted octanol–water partition coefficient (Wildman–Crippen LogP) is 3.52. The van der Waals surface area contributed by atoms with Gasteiger partial charge in [0.1, 0.15) is 12.0 Å². The lowest BCUT2D eigenvalue weighted by Gasteiger charge is -2.37. The summed E-state index contributed by atoms with van der Waals surface area (Å²) < 4.78 is 5.18. The number of benzene rings is 1. The summed E-state index contributed by atoms with van der Waals surface area (Å²) in [7, 11) is 3.78. The summed E-state index contributed by atoms with van der Waals surface area (Å²) >= 11 is 0. The molecule has 0 aliphatic heterocycles. The molecule has 1 aromatic rings.